The maximum absolute atomic E-state index is 12.2. The van der Waals surface area contributed by atoms with Crippen LogP contribution in [0.3, 0.4) is 0 Å². The lowest BCUT2D eigenvalue weighted by molar-refractivity contribution is 0.508. The molecule has 3 aromatic rings. The fourth-order valence-corrected chi connectivity index (χ4v) is 4.37. The minimum Gasteiger partial charge on any atom is -0.343 e. The highest BCUT2D eigenvalue weighted by Crippen LogP contribution is 2.36. The van der Waals surface area contributed by atoms with Crippen LogP contribution in [0.25, 0.3) is 16.5 Å². The molecule has 2 aromatic carbocycles. The first-order valence-corrected chi connectivity index (χ1v) is 10.1. The fraction of sp³-hybridized carbons (Fsp3) is 0.200. The summed E-state index contributed by atoms with van der Waals surface area (Å²) in [6.07, 6.45) is 3.74. The normalized spacial score (nSPS) is 15.0. The van der Waals surface area contributed by atoms with E-state index in [1.54, 1.807) is 6.20 Å². The van der Waals surface area contributed by atoms with Crippen molar-refractivity contribution < 1.29 is 8.42 Å². The van der Waals surface area contributed by atoms with Gasteiger partial charge in [0.25, 0.3) is 0 Å². The first-order chi connectivity index (χ1) is 12.0. The largest absolute Gasteiger partial charge is 0.343 e. The van der Waals surface area contributed by atoms with Gasteiger partial charge in [-0.05, 0) is 23.6 Å². The van der Waals surface area contributed by atoms with Gasteiger partial charge in [0.2, 0.25) is 10.0 Å². The number of hydrogen-bond donors (Lipinski definition) is 0. The van der Waals surface area contributed by atoms with Gasteiger partial charge in [0.1, 0.15) is 0 Å². The van der Waals surface area contributed by atoms with E-state index < -0.39 is 10.0 Å². The summed E-state index contributed by atoms with van der Waals surface area (Å²) >= 11 is 0. The van der Waals surface area contributed by atoms with E-state index in [0.717, 1.165) is 16.8 Å². The van der Waals surface area contributed by atoms with Crippen LogP contribution < -0.4 is 0 Å². The Balaban J connectivity index is 2.05. The van der Waals surface area contributed by atoms with Gasteiger partial charge in [-0.15, -0.1) is 0 Å². The van der Waals surface area contributed by atoms with Crippen molar-refractivity contribution in [1.82, 2.24) is 8.87 Å². The maximum Gasteiger partial charge on any atom is 0.231 e. The van der Waals surface area contributed by atoms with Crippen molar-refractivity contribution in [3.05, 3.63) is 77.6 Å². The molecule has 25 heavy (non-hydrogen) atoms. The first kappa shape index (κ1) is 16.0. The third-order valence-corrected chi connectivity index (χ3v) is 5.97. The van der Waals surface area contributed by atoms with Crippen molar-refractivity contribution in [3.63, 3.8) is 0 Å². The van der Waals surface area contributed by atoms with Gasteiger partial charge in [0.05, 0.1) is 11.9 Å². The molecule has 0 unspecified atom stereocenters. The van der Waals surface area contributed by atoms with Crippen molar-refractivity contribution in [3.8, 4) is 0 Å². The van der Waals surface area contributed by atoms with Gasteiger partial charge < -0.3 is 4.57 Å². The zero-order valence-electron chi connectivity index (χ0n) is 14.3. The minimum atomic E-state index is -3.30. The summed E-state index contributed by atoms with van der Waals surface area (Å²) in [7, 11) is -1.25. The lowest BCUT2D eigenvalue weighted by Gasteiger charge is -2.17. The highest BCUT2D eigenvalue weighted by molar-refractivity contribution is 7.88. The highest BCUT2D eigenvalue weighted by Gasteiger charge is 2.25. The summed E-state index contributed by atoms with van der Waals surface area (Å²) in [5.41, 5.74) is 5.43. The molecule has 0 saturated carbocycles. The number of rotatable bonds is 2. The van der Waals surface area contributed by atoms with Crippen molar-refractivity contribution >= 4 is 26.5 Å². The van der Waals surface area contributed by atoms with Crippen LogP contribution >= 0.6 is 0 Å². The number of fused-ring (bicyclic) bond motifs is 3. The molecule has 1 aromatic heterocycles. The van der Waals surface area contributed by atoms with E-state index in [1.165, 1.54) is 27.0 Å². The van der Waals surface area contributed by atoms with E-state index >= 15 is 0 Å². The molecular weight excluding hydrogens is 332 g/mol. The van der Waals surface area contributed by atoms with E-state index in [1.807, 2.05) is 49.5 Å². The average Bonchev–Trinajstić information content (AvgIpc) is 2.77. The van der Waals surface area contributed by atoms with Crippen LogP contribution in [0.5, 0.6) is 0 Å². The van der Waals surface area contributed by atoms with Gasteiger partial charge >= 0.3 is 0 Å². The number of nitrogens with zero attached hydrogens (tertiary/aromatic N) is 2. The molecule has 2 heterocycles. The monoisotopic (exact) mass is 352 g/mol. The number of sulfonamides is 1. The van der Waals surface area contributed by atoms with Gasteiger partial charge in [0.15, 0.2) is 0 Å². The van der Waals surface area contributed by atoms with Crippen molar-refractivity contribution in [2.24, 2.45) is 7.05 Å². The molecule has 0 saturated heterocycles. The summed E-state index contributed by atoms with van der Waals surface area (Å²) in [4.78, 5) is 0. The Bertz CT molecular complexity index is 1080. The smallest absolute Gasteiger partial charge is 0.231 e. The van der Waals surface area contributed by atoms with Crippen LogP contribution in [0.4, 0.5) is 0 Å². The minimum absolute atomic E-state index is 0.455. The van der Waals surface area contributed by atoms with Gasteiger partial charge in [-0.1, -0.05) is 48.5 Å². The van der Waals surface area contributed by atoms with Crippen molar-refractivity contribution in [2.45, 2.75) is 6.42 Å². The predicted octanol–water partition coefficient (Wildman–Crippen LogP) is 3.39. The predicted molar refractivity (Wildman–Crippen MR) is 102 cm³/mol. The van der Waals surface area contributed by atoms with Crippen LogP contribution in [0.1, 0.15) is 16.8 Å². The number of aryl methyl sites for hydroxylation is 1. The number of hydrogen-bond acceptors (Lipinski definition) is 2. The number of benzene rings is 2. The Morgan fingerprint density at radius 2 is 1.64 bits per heavy atom. The molecule has 0 radical (unpaired) electrons. The second kappa shape index (κ2) is 5.77. The molecule has 0 spiro atoms. The SMILES string of the molecule is Cn1c2c(c3ccccc31)CCN(S(C)(=O)=O)C=C2c1ccccc1. The Kier molecular flexibility index (Phi) is 3.69. The third kappa shape index (κ3) is 2.65. The second-order valence-corrected chi connectivity index (χ2v) is 8.37. The van der Waals surface area contributed by atoms with Crippen LogP contribution in [-0.4, -0.2) is 30.1 Å². The quantitative estimate of drug-likeness (QED) is 0.709. The van der Waals surface area contributed by atoms with Gasteiger partial charge in [-0.2, -0.15) is 0 Å². The summed E-state index contributed by atoms with van der Waals surface area (Å²) in [6, 6.07) is 18.3. The second-order valence-electron chi connectivity index (χ2n) is 6.44. The standard InChI is InChI=1S/C20H20N2O2S/c1-21-19-11-7-6-10-16(19)17-12-13-22(25(2,23)24)14-18(20(17)21)15-8-4-3-5-9-15/h3-11,14H,12-13H2,1-2H3. The lowest BCUT2D eigenvalue weighted by atomic mass is 9.99. The summed E-state index contributed by atoms with van der Waals surface area (Å²) in [5, 5.41) is 1.19. The molecule has 128 valence electrons. The summed E-state index contributed by atoms with van der Waals surface area (Å²) in [5.74, 6) is 0. The molecule has 1 aliphatic heterocycles. The molecule has 0 amide bonds. The first-order valence-electron chi connectivity index (χ1n) is 8.27. The molecule has 5 heteroatoms. The Hall–Kier alpha value is -2.53. The van der Waals surface area contributed by atoms with Gasteiger partial charge in [-0.3, -0.25) is 4.31 Å². The molecule has 4 nitrogen and oxygen atoms in total. The van der Waals surface area contributed by atoms with Gasteiger partial charge in [-0.25, -0.2) is 8.42 Å². The Morgan fingerprint density at radius 3 is 2.36 bits per heavy atom. The van der Waals surface area contributed by atoms with Crippen molar-refractivity contribution in [1.29, 1.82) is 0 Å². The zero-order chi connectivity index (χ0) is 17.6. The highest BCUT2D eigenvalue weighted by atomic mass is 32.2. The number of para-hydroxylation sites is 1. The van der Waals surface area contributed by atoms with Crippen LogP contribution in [0.2, 0.25) is 0 Å². The molecule has 0 fully saturated rings. The third-order valence-electron chi connectivity index (χ3n) is 4.83. The Morgan fingerprint density at radius 1 is 0.960 bits per heavy atom. The van der Waals surface area contributed by atoms with Crippen LogP contribution in [0.15, 0.2) is 60.8 Å². The summed E-state index contributed by atoms with van der Waals surface area (Å²) in [6.45, 7) is 0.455. The summed E-state index contributed by atoms with van der Waals surface area (Å²) < 4.78 is 28.1. The molecular formula is C20H20N2O2S. The number of aromatic nitrogens is 1. The van der Waals surface area contributed by atoms with Gasteiger partial charge in [0, 0.05) is 36.3 Å². The molecule has 1 aliphatic rings. The zero-order valence-corrected chi connectivity index (χ0v) is 15.1. The van der Waals surface area contributed by atoms with E-state index in [9.17, 15) is 8.42 Å². The van der Waals surface area contributed by atoms with Crippen LogP contribution in [-0.2, 0) is 23.5 Å². The van der Waals surface area contributed by atoms with Crippen LogP contribution in [0, 0.1) is 0 Å². The van der Waals surface area contributed by atoms with E-state index in [2.05, 4.69) is 16.7 Å². The molecule has 0 bridgehead atoms. The van der Waals surface area contributed by atoms with Crippen molar-refractivity contribution in [2.75, 3.05) is 12.8 Å². The lowest BCUT2D eigenvalue weighted by Crippen LogP contribution is -2.26. The molecule has 0 aliphatic carbocycles. The van der Waals surface area contributed by atoms with E-state index in [0.29, 0.717) is 13.0 Å². The van der Waals surface area contributed by atoms with E-state index in [-0.39, 0.29) is 0 Å². The average molecular weight is 352 g/mol. The fourth-order valence-electron chi connectivity index (χ4n) is 3.65. The molecule has 0 atom stereocenters. The maximum atomic E-state index is 12.2. The molecule has 4 rings (SSSR count). The molecule has 0 N–H and O–H groups in total. The Labute approximate surface area is 148 Å². The van der Waals surface area contributed by atoms with E-state index in [4.69, 9.17) is 0 Å². The topological polar surface area (TPSA) is 42.3 Å².